The molecule has 0 aliphatic carbocycles. The van der Waals surface area contributed by atoms with Crippen LogP contribution in [0.15, 0.2) is 0 Å². The number of rotatable bonds is 36. The van der Waals surface area contributed by atoms with Crippen molar-refractivity contribution >= 4 is 20.8 Å². The second kappa shape index (κ2) is 41.2. The molecule has 0 fully saturated rings. The molecule has 8 nitrogen and oxygen atoms in total. The number of hydrogen-bond acceptors (Lipinski definition) is 8. The summed E-state index contributed by atoms with van der Waals surface area (Å²) in [6.45, 7) is 9.71. The summed E-state index contributed by atoms with van der Waals surface area (Å²) in [6.07, 6.45) is 32.3. The summed E-state index contributed by atoms with van der Waals surface area (Å²) in [6, 6.07) is 0. The Balaban J connectivity index is -0.000000387. The van der Waals surface area contributed by atoms with Gasteiger partial charge in [0.2, 0.25) is 0 Å². The topological polar surface area (TPSA) is 105 Å². The Bertz CT molecular complexity index is 802. The van der Waals surface area contributed by atoms with Gasteiger partial charge in [0.15, 0.2) is 0 Å². The van der Waals surface area contributed by atoms with Crippen molar-refractivity contribution in [3.05, 3.63) is 0 Å². The van der Waals surface area contributed by atoms with Crippen molar-refractivity contribution in [1.29, 1.82) is 0 Å². The van der Waals surface area contributed by atoms with E-state index in [1.807, 2.05) is 0 Å². The molecule has 0 heterocycles. The summed E-state index contributed by atoms with van der Waals surface area (Å²) < 4.78 is 65.4. The zero-order chi connectivity index (χ0) is 34.5. The standard InChI is InChI=1S/2C18H38O4S.Na.H/c1-3-5-7-9-10-11-12-13-14-16-18-22-23(19,20)21-17-15-8-6-4-2;1-3-5-7-9-11-12-14-16-18-22-23(19,20)21-17-15-13-10-8-6-4-2;;/h2*3-18H2,1-2H3;;/q;;+1;-1. The van der Waals surface area contributed by atoms with Crippen LogP contribution in [-0.4, -0.2) is 43.3 Å². The molecule has 0 N–H and O–H groups in total. The molecule has 0 atom stereocenters. The average molecular weight is 725 g/mol. The minimum atomic E-state index is -3.78. The molecule has 0 spiro atoms. The van der Waals surface area contributed by atoms with Crippen LogP contribution in [0.3, 0.4) is 0 Å². The molecule has 47 heavy (non-hydrogen) atoms. The number of unbranched alkanes of at least 4 members (excludes halogenated alkanes) is 24. The Morgan fingerprint density at radius 1 is 0.298 bits per heavy atom. The van der Waals surface area contributed by atoms with Crippen molar-refractivity contribution in [2.24, 2.45) is 0 Å². The van der Waals surface area contributed by atoms with E-state index in [0.717, 1.165) is 83.5 Å². The van der Waals surface area contributed by atoms with Gasteiger partial charge in [0, 0.05) is 0 Å². The normalized spacial score (nSPS) is 11.7. The third-order valence-corrected chi connectivity index (χ3v) is 9.72. The summed E-state index contributed by atoms with van der Waals surface area (Å²) in [5.74, 6) is 0. The van der Waals surface area contributed by atoms with Crippen LogP contribution in [-0.2, 0) is 37.5 Å². The second-order valence-corrected chi connectivity index (χ2v) is 15.2. The Labute approximate surface area is 317 Å². The fraction of sp³-hybridized carbons (Fsp3) is 1.00. The third kappa shape index (κ3) is 46.7. The van der Waals surface area contributed by atoms with Crippen molar-refractivity contribution in [2.45, 2.75) is 207 Å². The minimum Gasteiger partial charge on any atom is -1.00 e. The Kier molecular flexibility index (Phi) is 45.6. The molecule has 0 aliphatic heterocycles. The van der Waals surface area contributed by atoms with Gasteiger partial charge >= 0.3 is 50.4 Å². The molecule has 0 rings (SSSR count). The van der Waals surface area contributed by atoms with Crippen LogP contribution in [0.4, 0.5) is 0 Å². The summed E-state index contributed by atoms with van der Waals surface area (Å²) in [5.41, 5.74) is 0. The maximum atomic E-state index is 11.5. The van der Waals surface area contributed by atoms with Crippen molar-refractivity contribution in [1.82, 2.24) is 0 Å². The van der Waals surface area contributed by atoms with Crippen molar-refractivity contribution in [3.63, 3.8) is 0 Å². The maximum Gasteiger partial charge on any atom is 1.00 e. The zero-order valence-corrected chi connectivity index (χ0v) is 35.3. The van der Waals surface area contributed by atoms with E-state index in [2.05, 4.69) is 27.7 Å². The first-order valence-corrected chi connectivity index (χ1v) is 22.0. The van der Waals surface area contributed by atoms with Gasteiger partial charge < -0.3 is 1.43 Å². The van der Waals surface area contributed by atoms with E-state index < -0.39 is 20.8 Å². The maximum absolute atomic E-state index is 11.5. The SMILES string of the molecule is CCCCCCCCCCCCOS(=O)(=O)OCCCCCC.CCCCCCCCCCOS(=O)(=O)OCCCCCCCC.[H-].[Na+]. The largest absolute Gasteiger partial charge is 1.00 e. The molecular weight excluding hydrogens is 648 g/mol. The van der Waals surface area contributed by atoms with Crippen LogP contribution in [0, 0.1) is 0 Å². The molecule has 0 radical (unpaired) electrons. The smallest absolute Gasteiger partial charge is 1.00 e. The minimum absolute atomic E-state index is 0. The van der Waals surface area contributed by atoms with Crippen LogP contribution in [0.2, 0.25) is 0 Å². The molecule has 0 aromatic heterocycles. The molecule has 0 aliphatic rings. The van der Waals surface area contributed by atoms with Gasteiger partial charge in [-0.3, -0.25) is 0 Å². The van der Waals surface area contributed by atoms with Crippen LogP contribution in [0.25, 0.3) is 0 Å². The Hall–Kier alpha value is 0.740. The van der Waals surface area contributed by atoms with E-state index >= 15 is 0 Å². The van der Waals surface area contributed by atoms with Crippen LogP contribution < -0.4 is 29.6 Å². The molecule has 0 bridgehead atoms. The predicted octanol–water partition coefficient (Wildman–Crippen LogP) is 8.65. The molecule has 0 aromatic carbocycles. The van der Waals surface area contributed by atoms with E-state index in [1.165, 1.54) is 96.3 Å². The first-order chi connectivity index (χ1) is 22.2. The van der Waals surface area contributed by atoms with Crippen LogP contribution in [0.1, 0.15) is 209 Å². The van der Waals surface area contributed by atoms with Gasteiger partial charge in [0.1, 0.15) is 0 Å². The fourth-order valence-electron chi connectivity index (χ4n) is 4.95. The summed E-state index contributed by atoms with van der Waals surface area (Å²) in [4.78, 5) is 0. The van der Waals surface area contributed by atoms with Gasteiger partial charge in [0.25, 0.3) is 0 Å². The summed E-state index contributed by atoms with van der Waals surface area (Å²) in [7, 11) is -7.56. The second-order valence-electron chi connectivity index (χ2n) is 12.6. The Morgan fingerprint density at radius 3 is 0.638 bits per heavy atom. The van der Waals surface area contributed by atoms with Gasteiger partial charge in [-0.1, -0.05) is 182 Å². The van der Waals surface area contributed by atoms with Crippen molar-refractivity contribution in [2.75, 3.05) is 26.4 Å². The van der Waals surface area contributed by atoms with Gasteiger partial charge in [0.05, 0.1) is 26.4 Å². The molecule has 282 valence electrons. The van der Waals surface area contributed by atoms with Crippen molar-refractivity contribution < 1.29 is 64.6 Å². The zero-order valence-electron chi connectivity index (χ0n) is 32.7. The molecule has 0 saturated carbocycles. The first kappa shape index (κ1) is 52.1. The molecule has 0 aromatic rings. The molecule has 11 heteroatoms. The van der Waals surface area contributed by atoms with E-state index in [9.17, 15) is 16.8 Å². The Morgan fingerprint density at radius 2 is 0.447 bits per heavy atom. The van der Waals surface area contributed by atoms with E-state index in [0.29, 0.717) is 0 Å². The average Bonchev–Trinajstić information content (AvgIpc) is 3.02. The molecular formula is C36H77NaO8S2. The quantitative estimate of drug-likeness (QED) is 0.0467. The molecule has 0 saturated heterocycles. The summed E-state index contributed by atoms with van der Waals surface area (Å²) in [5, 5.41) is 0. The van der Waals surface area contributed by atoms with Gasteiger partial charge in [-0.2, -0.15) is 16.8 Å². The molecule has 0 unspecified atom stereocenters. The van der Waals surface area contributed by atoms with Gasteiger partial charge in [-0.15, -0.1) is 0 Å². The number of hydrogen-bond donors (Lipinski definition) is 0. The van der Waals surface area contributed by atoms with Crippen LogP contribution in [0.5, 0.6) is 0 Å². The van der Waals surface area contributed by atoms with E-state index in [-0.39, 0.29) is 57.4 Å². The monoisotopic (exact) mass is 724 g/mol. The molecule has 0 amide bonds. The third-order valence-electron chi connectivity index (χ3n) is 7.90. The van der Waals surface area contributed by atoms with E-state index in [1.54, 1.807) is 0 Å². The van der Waals surface area contributed by atoms with E-state index in [4.69, 9.17) is 16.7 Å². The fourth-order valence-corrected chi connectivity index (χ4v) is 6.37. The summed E-state index contributed by atoms with van der Waals surface area (Å²) >= 11 is 0. The van der Waals surface area contributed by atoms with Crippen LogP contribution >= 0.6 is 0 Å². The van der Waals surface area contributed by atoms with Crippen molar-refractivity contribution in [3.8, 4) is 0 Å². The van der Waals surface area contributed by atoms with Gasteiger partial charge in [-0.05, 0) is 25.7 Å². The first-order valence-electron chi connectivity index (χ1n) is 19.3. The van der Waals surface area contributed by atoms with Gasteiger partial charge in [-0.25, -0.2) is 16.7 Å². The predicted molar refractivity (Wildman–Crippen MR) is 195 cm³/mol.